The van der Waals surface area contributed by atoms with E-state index in [1.54, 1.807) is 4.90 Å². The zero-order valence-electron chi connectivity index (χ0n) is 13.1. The minimum absolute atomic E-state index is 0.0260. The molecule has 1 fully saturated rings. The second-order valence-corrected chi connectivity index (χ2v) is 6.08. The molecule has 0 spiro atoms. The standard InChI is InChI=1S/C15H27NO4/c1-5-19-11-7-9-13(17)16-10-6-8-12(16)14(18)20-15(2,3)4/h12H,5-11H2,1-4H3/t12-/m1/s1. The monoisotopic (exact) mass is 285 g/mol. The van der Waals surface area contributed by atoms with Gasteiger partial charge >= 0.3 is 5.97 Å². The molecule has 0 saturated carbocycles. The Kier molecular flexibility index (Phi) is 6.46. The van der Waals surface area contributed by atoms with Gasteiger partial charge in [-0.25, -0.2) is 4.79 Å². The maximum absolute atomic E-state index is 12.2. The molecule has 0 radical (unpaired) electrons. The van der Waals surface area contributed by atoms with Crippen molar-refractivity contribution in [3.8, 4) is 0 Å². The topological polar surface area (TPSA) is 55.8 Å². The third-order valence-electron chi connectivity index (χ3n) is 3.14. The smallest absolute Gasteiger partial charge is 0.329 e. The summed E-state index contributed by atoms with van der Waals surface area (Å²) in [6, 6.07) is -0.409. The van der Waals surface area contributed by atoms with Crippen LogP contribution in [0, 0.1) is 0 Å². The van der Waals surface area contributed by atoms with Gasteiger partial charge in [-0.15, -0.1) is 0 Å². The van der Waals surface area contributed by atoms with Gasteiger partial charge in [0.15, 0.2) is 0 Å². The molecule has 0 unspecified atom stereocenters. The van der Waals surface area contributed by atoms with Crippen LogP contribution in [-0.4, -0.2) is 48.2 Å². The number of nitrogens with zero attached hydrogens (tertiary/aromatic N) is 1. The SMILES string of the molecule is CCOCCCC(=O)N1CCC[C@@H]1C(=O)OC(C)(C)C. The van der Waals surface area contributed by atoms with Crippen LogP contribution < -0.4 is 0 Å². The van der Waals surface area contributed by atoms with E-state index >= 15 is 0 Å². The molecule has 116 valence electrons. The number of carbonyl (C=O) groups excluding carboxylic acids is 2. The molecule has 1 aliphatic rings. The lowest BCUT2D eigenvalue weighted by atomic mass is 10.1. The summed E-state index contributed by atoms with van der Waals surface area (Å²) in [6.07, 6.45) is 2.69. The van der Waals surface area contributed by atoms with E-state index in [4.69, 9.17) is 9.47 Å². The number of carbonyl (C=O) groups is 2. The van der Waals surface area contributed by atoms with Gasteiger partial charge in [0.25, 0.3) is 0 Å². The van der Waals surface area contributed by atoms with Crippen LogP contribution in [0.3, 0.4) is 0 Å². The van der Waals surface area contributed by atoms with E-state index in [1.165, 1.54) is 0 Å². The molecule has 0 aliphatic carbocycles. The highest BCUT2D eigenvalue weighted by molar-refractivity contribution is 5.85. The largest absolute Gasteiger partial charge is 0.458 e. The van der Waals surface area contributed by atoms with Gasteiger partial charge < -0.3 is 14.4 Å². The van der Waals surface area contributed by atoms with Crippen molar-refractivity contribution in [3.05, 3.63) is 0 Å². The van der Waals surface area contributed by atoms with Gasteiger partial charge in [0.2, 0.25) is 5.91 Å². The number of esters is 1. The van der Waals surface area contributed by atoms with E-state index < -0.39 is 11.6 Å². The Bertz CT molecular complexity index is 335. The van der Waals surface area contributed by atoms with E-state index in [0.29, 0.717) is 39.0 Å². The highest BCUT2D eigenvalue weighted by atomic mass is 16.6. The molecule has 5 nitrogen and oxygen atoms in total. The van der Waals surface area contributed by atoms with Crippen LogP contribution in [0.4, 0.5) is 0 Å². The highest BCUT2D eigenvalue weighted by Gasteiger charge is 2.36. The lowest BCUT2D eigenvalue weighted by Crippen LogP contribution is -2.43. The first-order valence-corrected chi connectivity index (χ1v) is 7.45. The molecule has 0 aromatic rings. The second kappa shape index (κ2) is 7.62. The molecule has 1 aliphatic heterocycles. The molecule has 1 atom stereocenters. The first-order chi connectivity index (χ1) is 9.35. The van der Waals surface area contributed by atoms with Crippen LogP contribution in [-0.2, 0) is 19.1 Å². The first-order valence-electron chi connectivity index (χ1n) is 7.45. The van der Waals surface area contributed by atoms with E-state index in [1.807, 2.05) is 27.7 Å². The van der Waals surface area contributed by atoms with Gasteiger partial charge in [0.1, 0.15) is 11.6 Å². The van der Waals surface area contributed by atoms with Crippen LogP contribution in [0.2, 0.25) is 0 Å². The molecule has 0 bridgehead atoms. The van der Waals surface area contributed by atoms with Crippen molar-refractivity contribution in [2.24, 2.45) is 0 Å². The van der Waals surface area contributed by atoms with E-state index in [2.05, 4.69) is 0 Å². The molecule has 1 rings (SSSR count). The Morgan fingerprint density at radius 3 is 2.60 bits per heavy atom. The van der Waals surface area contributed by atoms with E-state index in [9.17, 15) is 9.59 Å². The maximum atomic E-state index is 12.2. The fourth-order valence-corrected chi connectivity index (χ4v) is 2.29. The number of amides is 1. The number of rotatable bonds is 6. The van der Waals surface area contributed by atoms with Crippen molar-refractivity contribution in [3.63, 3.8) is 0 Å². The Labute approximate surface area is 121 Å². The van der Waals surface area contributed by atoms with Crippen molar-refractivity contribution in [1.82, 2.24) is 4.90 Å². The molecule has 0 N–H and O–H groups in total. The van der Waals surface area contributed by atoms with Crippen molar-refractivity contribution in [1.29, 1.82) is 0 Å². The first kappa shape index (κ1) is 17.0. The van der Waals surface area contributed by atoms with Crippen LogP contribution in [0.5, 0.6) is 0 Å². The predicted octanol–water partition coefficient (Wildman–Crippen LogP) is 2.14. The quantitative estimate of drug-likeness (QED) is 0.554. The molecule has 1 saturated heterocycles. The average Bonchev–Trinajstić information content (AvgIpc) is 2.81. The number of ether oxygens (including phenoxy) is 2. The van der Waals surface area contributed by atoms with Crippen molar-refractivity contribution < 1.29 is 19.1 Å². The highest BCUT2D eigenvalue weighted by Crippen LogP contribution is 2.22. The Morgan fingerprint density at radius 2 is 2.00 bits per heavy atom. The van der Waals surface area contributed by atoms with E-state index in [-0.39, 0.29) is 11.9 Å². The third-order valence-corrected chi connectivity index (χ3v) is 3.14. The number of hydrogen-bond acceptors (Lipinski definition) is 4. The normalized spacial score (nSPS) is 19.2. The average molecular weight is 285 g/mol. The van der Waals surface area contributed by atoms with Crippen molar-refractivity contribution >= 4 is 11.9 Å². The minimum atomic E-state index is -0.511. The van der Waals surface area contributed by atoms with Gasteiger partial charge in [0, 0.05) is 26.2 Å². The Hall–Kier alpha value is -1.10. The summed E-state index contributed by atoms with van der Waals surface area (Å²) in [4.78, 5) is 25.9. The summed E-state index contributed by atoms with van der Waals surface area (Å²) in [6.45, 7) is 9.36. The van der Waals surface area contributed by atoms with Crippen LogP contribution in [0.1, 0.15) is 53.4 Å². The van der Waals surface area contributed by atoms with Gasteiger partial charge in [0.05, 0.1) is 0 Å². The summed E-state index contributed by atoms with van der Waals surface area (Å²) in [5.41, 5.74) is -0.511. The Morgan fingerprint density at radius 1 is 1.30 bits per heavy atom. The minimum Gasteiger partial charge on any atom is -0.458 e. The molecule has 5 heteroatoms. The van der Waals surface area contributed by atoms with Gasteiger partial charge in [-0.05, 0) is 47.0 Å². The second-order valence-electron chi connectivity index (χ2n) is 6.08. The summed E-state index contributed by atoms with van der Waals surface area (Å²) < 4.78 is 10.6. The van der Waals surface area contributed by atoms with Gasteiger partial charge in [-0.1, -0.05) is 0 Å². The molecule has 1 amide bonds. The summed E-state index contributed by atoms with van der Waals surface area (Å²) in [5.74, 6) is -0.258. The van der Waals surface area contributed by atoms with Crippen LogP contribution in [0.25, 0.3) is 0 Å². The van der Waals surface area contributed by atoms with Gasteiger partial charge in [-0.2, -0.15) is 0 Å². The summed E-state index contributed by atoms with van der Waals surface area (Å²) in [5, 5.41) is 0. The lowest BCUT2D eigenvalue weighted by molar-refractivity contribution is -0.163. The number of hydrogen-bond donors (Lipinski definition) is 0. The molecule has 0 aromatic heterocycles. The van der Waals surface area contributed by atoms with Crippen LogP contribution >= 0.6 is 0 Å². The zero-order chi connectivity index (χ0) is 15.2. The van der Waals surface area contributed by atoms with Gasteiger partial charge in [-0.3, -0.25) is 4.79 Å². The molecular formula is C15H27NO4. The molecule has 0 aromatic carbocycles. The predicted molar refractivity (Wildman–Crippen MR) is 76.3 cm³/mol. The molecule has 1 heterocycles. The fraction of sp³-hybridized carbons (Fsp3) is 0.867. The maximum Gasteiger partial charge on any atom is 0.329 e. The molecular weight excluding hydrogens is 258 g/mol. The third kappa shape index (κ3) is 5.49. The summed E-state index contributed by atoms with van der Waals surface area (Å²) in [7, 11) is 0. The van der Waals surface area contributed by atoms with E-state index in [0.717, 1.165) is 6.42 Å². The zero-order valence-corrected chi connectivity index (χ0v) is 13.1. The molecule has 20 heavy (non-hydrogen) atoms. The summed E-state index contributed by atoms with van der Waals surface area (Å²) >= 11 is 0. The fourth-order valence-electron chi connectivity index (χ4n) is 2.29. The van der Waals surface area contributed by atoms with Crippen molar-refractivity contribution in [2.75, 3.05) is 19.8 Å². The number of likely N-dealkylation sites (tertiary alicyclic amines) is 1. The van der Waals surface area contributed by atoms with Crippen LogP contribution in [0.15, 0.2) is 0 Å². The lowest BCUT2D eigenvalue weighted by Gasteiger charge is -2.27. The van der Waals surface area contributed by atoms with Crippen molar-refractivity contribution in [2.45, 2.75) is 65.0 Å². The Balaban J connectivity index is 2.47.